The fourth-order valence-electron chi connectivity index (χ4n) is 3.50. The summed E-state index contributed by atoms with van der Waals surface area (Å²) in [4.78, 5) is 20.2. The zero-order chi connectivity index (χ0) is 17.8. The quantitative estimate of drug-likeness (QED) is 0.569. The molecule has 4 rings (SSSR count). The van der Waals surface area contributed by atoms with Crippen molar-refractivity contribution in [3.05, 3.63) is 34.6 Å². The minimum atomic E-state index is 0.0416. The van der Waals surface area contributed by atoms with Gasteiger partial charge in [-0.15, -0.1) is 0 Å². The lowest BCUT2D eigenvalue weighted by atomic mass is 10.2. The van der Waals surface area contributed by atoms with Gasteiger partial charge in [0.15, 0.2) is 5.16 Å². The Morgan fingerprint density at radius 2 is 2.04 bits per heavy atom. The van der Waals surface area contributed by atoms with E-state index in [0.717, 1.165) is 68.7 Å². The predicted octanol–water partition coefficient (Wildman–Crippen LogP) is 2.00. The molecule has 0 amide bonds. The van der Waals surface area contributed by atoms with Crippen molar-refractivity contribution in [1.82, 2.24) is 14.5 Å². The van der Waals surface area contributed by atoms with Crippen LogP contribution in [-0.4, -0.2) is 65.8 Å². The maximum atomic E-state index is 13.0. The first-order chi connectivity index (χ1) is 12.8. The smallest absolute Gasteiger partial charge is 0.262 e. The second-order valence-corrected chi connectivity index (χ2v) is 7.83. The number of benzene rings is 1. The molecule has 1 atom stereocenters. The van der Waals surface area contributed by atoms with E-state index in [0.29, 0.717) is 11.9 Å². The fraction of sp³-hybridized carbons (Fsp3) is 0.579. The third-order valence-electron chi connectivity index (χ3n) is 4.98. The van der Waals surface area contributed by atoms with Crippen LogP contribution in [0.25, 0.3) is 10.9 Å². The molecule has 0 aliphatic carbocycles. The fourth-order valence-corrected chi connectivity index (χ4v) is 4.51. The van der Waals surface area contributed by atoms with Gasteiger partial charge in [0.2, 0.25) is 0 Å². The molecule has 2 aliphatic rings. The second kappa shape index (κ2) is 8.52. The van der Waals surface area contributed by atoms with Gasteiger partial charge in [-0.2, -0.15) is 0 Å². The van der Waals surface area contributed by atoms with Crippen LogP contribution in [-0.2, 0) is 16.0 Å². The largest absolute Gasteiger partial charge is 0.379 e. The van der Waals surface area contributed by atoms with Crippen molar-refractivity contribution in [3.63, 3.8) is 0 Å². The van der Waals surface area contributed by atoms with Gasteiger partial charge in [0, 0.05) is 32.0 Å². The highest BCUT2D eigenvalue weighted by atomic mass is 32.2. The number of aromatic nitrogens is 2. The molecular formula is C19H25N3O3S. The Bertz CT molecular complexity index is 798. The molecule has 0 N–H and O–H groups in total. The zero-order valence-corrected chi connectivity index (χ0v) is 15.7. The van der Waals surface area contributed by atoms with E-state index in [-0.39, 0.29) is 11.7 Å². The lowest BCUT2D eigenvalue weighted by Crippen LogP contribution is -2.37. The van der Waals surface area contributed by atoms with Crippen molar-refractivity contribution in [3.8, 4) is 0 Å². The average Bonchev–Trinajstić information content (AvgIpc) is 3.19. The first-order valence-electron chi connectivity index (χ1n) is 9.35. The third-order valence-corrected chi connectivity index (χ3v) is 5.94. The summed E-state index contributed by atoms with van der Waals surface area (Å²) < 4.78 is 13.0. The molecule has 0 saturated carbocycles. The Morgan fingerprint density at radius 1 is 1.19 bits per heavy atom. The molecule has 7 heteroatoms. The monoisotopic (exact) mass is 375 g/mol. The van der Waals surface area contributed by atoms with Crippen LogP contribution >= 0.6 is 11.8 Å². The highest BCUT2D eigenvalue weighted by Crippen LogP contribution is 2.21. The van der Waals surface area contributed by atoms with Crippen molar-refractivity contribution in [2.75, 3.05) is 45.2 Å². The molecule has 26 heavy (non-hydrogen) atoms. The number of hydrogen-bond acceptors (Lipinski definition) is 6. The number of rotatable bonds is 6. The van der Waals surface area contributed by atoms with Crippen LogP contribution in [0, 0.1) is 0 Å². The molecular weight excluding hydrogens is 350 g/mol. The second-order valence-electron chi connectivity index (χ2n) is 6.76. The van der Waals surface area contributed by atoms with Crippen molar-refractivity contribution in [1.29, 1.82) is 0 Å². The van der Waals surface area contributed by atoms with Gasteiger partial charge in [-0.3, -0.25) is 14.3 Å². The molecule has 0 unspecified atom stereocenters. The Labute approximate surface area is 157 Å². The van der Waals surface area contributed by atoms with E-state index >= 15 is 0 Å². The highest BCUT2D eigenvalue weighted by Gasteiger charge is 2.20. The van der Waals surface area contributed by atoms with E-state index in [1.807, 2.05) is 28.8 Å². The zero-order valence-electron chi connectivity index (χ0n) is 14.9. The van der Waals surface area contributed by atoms with Crippen LogP contribution < -0.4 is 5.56 Å². The van der Waals surface area contributed by atoms with Crippen LogP contribution in [0.5, 0.6) is 0 Å². The summed E-state index contributed by atoms with van der Waals surface area (Å²) in [6.07, 6.45) is 2.20. The summed E-state index contributed by atoms with van der Waals surface area (Å²) in [5.41, 5.74) is 0.815. The van der Waals surface area contributed by atoms with Crippen LogP contribution in [0.4, 0.5) is 0 Å². The van der Waals surface area contributed by atoms with Crippen LogP contribution in [0.15, 0.2) is 34.2 Å². The molecule has 1 aromatic heterocycles. The van der Waals surface area contributed by atoms with Gasteiger partial charge >= 0.3 is 0 Å². The first-order valence-corrected chi connectivity index (χ1v) is 10.3. The van der Waals surface area contributed by atoms with E-state index in [9.17, 15) is 4.79 Å². The molecule has 6 nitrogen and oxygen atoms in total. The van der Waals surface area contributed by atoms with Crippen molar-refractivity contribution < 1.29 is 9.47 Å². The molecule has 140 valence electrons. The summed E-state index contributed by atoms with van der Waals surface area (Å²) in [5.74, 6) is 0.913. The van der Waals surface area contributed by atoms with Crippen LogP contribution in [0.2, 0.25) is 0 Å². The number of nitrogens with zero attached hydrogens (tertiary/aromatic N) is 3. The Kier molecular flexibility index (Phi) is 5.89. The van der Waals surface area contributed by atoms with E-state index in [1.165, 1.54) is 0 Å². The van der Waals surface area contributed by atoms with Gasteiger partial charge in [0.05, 0.1) is 36.8 Å². The number of para-hydroxylation sites is 1. The summed E-state index contributed by atoms with van der Waals surface area (Å²) in [6, 6.07) is 7.60. The summed E-state index contributed by atoms with van der Waals surface area (Å²) in [6.45, 7) is 5.95. The molecule has 2 fully saturated rings. The maximum absolute atomic E-state index is 13.0. The number of hydrogen-bond donors (Lipinski definition) is 0. The first kappa shape index (κ1) is 18.0. The summed E-state index contributed by atoms with van der Waals surface area (Å²) in [7, 11) is 0. The predicted molar refractivity (Wildman–Crippen MR) is 103 cm³/mol. The third kappa shape index (κ3) is 4.11. The maximum Gasteiger partial charge on any atom is 0.262 e. The molecule has 3 heterocycles. The van der Waals surface area contributed by atoms with Crippen LogP contribution in [0.3, 0.4) is 0 Å². The highest BCUT2D eigenvalue weighted by molar-refractivity contribution is 7.99. The van der Waals surface area contributed by atoms with Gasteiger partial charge in [0.1, 0.15) is 0 Å². The van der Waals surface area contributed by atoms with Crippen molar-refractivity contribution >= 4 is 22.7 Å². The van der Waals surface area contributed by atoms with Gasteiger partial charge in [-0.25, -0.2) is 4.98 Å². The van der Waals surface area contributed by atoms with Crippen LogP contribution in [0.1, 0.15) is 12.8 Å². The number of morpholine rings is 1. The molecule has 0 radical (unpaired) electrons. The van der Waals surface area contributed by atoms with E-state index in [2.05, 4.69) is 4.90 Å². The Morgan fingerprint density at radius 3 is 2.85 bits per heavy atom. The topological polar surface area (TPSA) is 56.6 Å². The SMILES string of the molecule is O=c1c2ccccc2nc(SCCN2CCOCC2)n1C[C@H]1CCCO1. The minimum absolute atomic E-state index is 0.0416. The van der Waals surface area contributed by atoms with E-state index in [4.69, 9.17) is 14.5 Å². The summed E-state index contributed by atoms with van der Waals surface area (Å²) >= 11 is 1.67. The minimum Gasteiger partial charge on any atom is -0.379 e. The molecule has 1 aromatic carbocycles. The van der Waals surface area contributed by atoms with Crippen molar-refractivity contribution in [2.45, 2.75) is 30.6 Å². The lowest BCUT2D eigenvalue weighted by Gasteiger charge is -2.26. The van der Waals surface area contributed by atoms with Crippen molar-refractivity contribution in [2.24, 2.45) is 0 Å². The van der Waals surface area contributed by atoms with Gasteiger partial charge < -0.3 is 9.47 Å². The Hall–Kier alpha value is -1.41. The van der Waals surface area contributed by atoms with Gasteiger partial charge in [-0.1, -0.05) is 23.9 Å². The molecule has 0 bridgehead atoms. The number of ether oxygens (including phenoxy) is 2. The van der Waals surface area contributed by atoms with E-state index in [1.54, 1.807) is 11.8 Å². The number of fused-ring (bicyclic) bond motifs is 1. The lowest BCUT2D eigenvalue weighted by molar-refractivity contribution is 0.0410. The molecule has 2 aromatic rings. The van der Waals surface area contributed by atoms with E-state index < -0.39 is 0 Å². The molecule has 0 spiro atoms. The molecule has 2 aliphatic heterocycles. The van der Waals surface area contributed by atoms with Gasteiger partial charge in [-0.05, 0) is 25.0 Å². The normalized spacial score (nSPS) is 21.5. The molecule has 2 saturated heterocycles. The number of thioether (sulfide) groups is 1. The standard InChI is InChI=1S/C19H25N3O3S/c23-18-16-5-1-2-6-17(16)20-19(22(18)14-15-4-3-10-25-15)26-13-9-21-7-11-24-12-8-21/h1-2,5-6,15H,3-4,7-14H2/t15-/m1/s1. The van der Waals surface area contributed by atoms with Gasteiger partial charge in [0.25, 0.3) is 5.56 Å². The average molecular weight is 375 g/mol. The summed E-state index contributed by atoms with van der Waals surface area (Å²) in [5, 5.41) is 1.49. The Balaban J connectivity index is 1.55.